The van der Waals surface area contributed by atoms with Crippen molar-refractivity contribution < 1.29 is 0 Å². The minimum atomic E-state index is 0.212. The van der Waals surface area contributed by atoms with Gasteiger partial charge in [0.1, 0.15) is 0 Å². The van der Waals surface area contributed by atoms with Crippen LogP contribution in [0.5, 0.6) is 0 Å². The average molecular weight is 199 g/mol. The topological polar surface area (TPSA) is 40.7 Å². The molecule has 3 nitrogen and oxygen atoms in total. The number of H-pyrrole nitrogens is 1. The van der Waals surface area contributed by atoms with Gasteiger partial charge < -0.3 is 10.3 Å². The van der Waals surface area contributed by atoms with Crippen molar-refractivity contribution in [2.45, 2.75) is 31.5 Å². The van der Waals surface area contributed by atoms with Crippen molar-refractivity contribution in [3.05, 3.63) is 12.4 Å². The van der Waals surface area contributed by atoms with Gasteiger partial charge >= 0.3 is 0 Å². The Morgan fingerprint density at radius 2 is 2.31 bits per heavy atom. The minimum absolute atomic E-state index is 0.212. The first-order valence-corrected chi connectivity index (χ1v) is 5.44. The predicted octanol–water partition coefficient (Wildman–Crippen LogP) is 1.89. The molecule has 0 aliphatic carbocycles. The van der Waals surface area contributed by atoms with Crippen molar-refractivity contribution in [2.24, 2.45) is 0 Å². The van der Waals surface area contributed by atoms with Crippen molar-refractivity contribution >= 4 is 11.8 Å². The summed E-state index contributed by atoms with van der Waals surface area (Å²) in [4.78, 5) is 7.19. The summed E-state index contributed by atoms with van der Waals surface area (Å²) >= 11 is 1.74. The molecule has 1 heterocycles. The Hall–Kier alpha value is -0.480. The second kappa shape index (κ2) is 4.67. The van der Waals surface area contributed by atoms with Crippen LogP contribution >= 0.6 is 11.8 Å². The van der Waals surface area contributed by atoms with Crippen molar-refractivity contribution in [2.75, 3.05) is 12.3 Å². The van der Waals surface area contributed by atoms with E-state index in [4.69, 9.17) is 0 Å². The third-order valence-corrected chi connectivity index (χ3v) is 2.37. The predicted molar refractivity (Wildman–Crippen MR) is 57.1 cm³/mol. The average Bonchev–Trinajstić information content (AvgIpc) is 2.48. The third-order valence-electron chi connectivity index (χ3n) is 1.47. The van der Waals surface area contributed by atoms with E-state index in [0.717, 1.165) is 17.5 Å². The molecule has 0 atom stereocenters. The fourth-order valence-corrected chi connectivity index (χ4v) is 1.59. The summed E-state index contributed by atoms with van der Waals surface area (Å²) < 4.78 is 0. The summed E-state index contributed by atoms with van der Waals surface area (Å²) in [5.74, 6) is 1.05. The number of imidazole rings is 1. The van der Waals surface area contributed by atoms with Crippen LogP contribution in [0.25, 0.3) is 0 Å². The first-order valence-electron chi connectivity index (χ1n) is 4.45. The van der Waals surface area contributed by atoms with Gasteiger partial charge in [0.25, 0.3) is 0 Å². The van der Waals surface area contributed by atoms with Gasteiger partial charge in [-0.1, -0.05) is 11.8 Å². The smallest absolute Gasteiger partial charge is 0.165 e. The molecule has 0 aliphatic heterocycles. The maximum Gasteiger partial charge on any atom is 0.165 e. The normalized spacial score (nSPS) is 11.9. The first-order chi connectivity index (χ1) is 6.08. The maximum absolute atomic E-state index is 4.13. The molecule has 74 valence electrons. The van der Waals surface area contributed by atoms with E-state index in [0.29, 0.717) is 0 Å². The molecule has 0 bridgehead atoms. The Morgan fingerprint density at radius 3 is 2.85 bits per heavy atom. The number of aromatic amines is 1. The Morgan fingerprint density at radius 1 is 1.54 bits per heavy atom. The molecule has 0 spiro atoms. The second-order valence-corrected chi connectivity index (χ2v) is 5.00. The van der Waals surface area contributed by atoms with Gasteiger partial charge in [-0.05, 0) is 20.8 Å². The lowest BCUT2D eigenvalue weighted by molar-refractivity contribution is 0.441. The van der Waals surface area contributed by atoms with Crippen molar-refractivity contribution in [1.29, 1.82) is 0 Å². The summed E-state index contributed by atoms with van der Waals surface area (Å²) in [6.45, 7) is 7.52. The van der Waals surface area contributed by atoms with Crippen LogP contribution in [0.4, 0.5) is 0 Å². The Bertz CT molecular complexity index is 226. The van der Waals surface area contributed by atoms with Gasteiger partial charge in [-0.25, -0.2) is 4.98 Å². The zero-order valence-electron chi connectivity index (χ0n) is 8.42. The molecular formula is C9H17N3S. The van der Waals surface area contributed by atoms with Crippen LogP contribution in [0, 0.1) is 0 Å². The molecule has 0 unspecified atom stereocenters. The molecular weight excluding hydrogens is 182 g/mol. The quantitative estimate of drug-likeness (QED) is 0.574. The molecule has 1 rings (SSSR count). The van der Waals surface area contributed by atoms with Gasteiger partial charge in [0.15, 0.2) is 5.16 Å². The Balaban J connectivity index is 2.09. The molecule has 0 amide bonds. The molecule has 0 radical (unpaired) electrons. The number of nitrogens with one attached hydrogen (secondary N) is 2. The van der Waals surface area contributed by atoms with Crippen LogP contribution in [0.15, 0.2) is 17.6 Å². The largest absolute Gasteiger partial charge is 0.340 e. The lowest BCUT2D eigenvalue weighted by Crippen LogP contribution is -2.37. The second-order valence-electron chi connectivity index (χ2n) is 3.92. The molecule has 0 aliphatic rings. The van der Waals surface area contributed by atoms with E-state index in [1.165, 1.54) is 0 Å². The van der Waals surface area contributed by atoms with Crippen LogP contribution in [0.1, 0.15) is 20.8 Å². The summed E-state index contributed by atoms with van der Waals surface area (Å²) in [5, 5.41) is 4.42. The minimum Gasteiger partial charge on any atom is -0.340 e. The summed E-state index contributed by atoms with van der Waals surface area (Å²) in [7, 11) is 0. The Labute approximate surface area is 83.7 Å². The van der Waals surface area contributed by atoms with Gasteiger partial charge in [-0.3, -0.25) is 0 Å². The van der Waals surface area contributed by atoms with E-state index < -0.39 is 0 Å². The fraction of sp³-hybridized carbons (Fsp3) is 0.667. The third kappa shape index (κ3) is 4.95. The maximum atomic E-state index is 4.13. The molecule has 1 aromatic heterocycles. The molecule has 0 saturated carbocycles. The van der Waals surface area contributed by atoms with Gasteiger partial charge in [-0.2, -0.15) is 0 Å². The number of nitrogens with zero attached hydrogens (tertiary/aromatic N) is 1. The van der Waals surface area contributed by atoms with E-state index >= 15 is 0 Å². The monoisotopic (exact) mass is 199 g/mol. The van der Waals surface area contributed by atoms with Crippen LogP contribution in [-0.4, -0.2) is 27.8 Å². The van der Waals surface area contributed by atoms with E-state index in [2.05, 4.69) is 36.1 Å². The van der Waals surface area contributed by atoms with Gasteiger partial charge in [0.2, 0.25) is 0 Å². The summed E-state index contributed by atoms with van der Waals surface area (Å²) in [5.41, 5.74) is 0.212. The van der Waals surface area contributed by atoms with E-state index in [1.54, 1.807) is 18.0 Å². The lowest BCUT2D eigenvalue weighted by Gasteiger charge is -2.19. The molecule has 1 aromatic rings. The molecule has 0 aromatic carbocycles. The highest BCUT2D eigenvalue weighted by atomic mass is 32.2. The highest BCUT2D eigenvalue weighted by Gasteiger charge is 2.07. The molecule has 2 N–H and O–H groups in total. The SMILES string of the molecule is CC(C)(C)NCCSc1ncc[nH]1. The molecule has 0 fully saturated rings. The molecule has 4 heteroatoms. The van der Waals surface area contributed by atoms with E-state index in [-0.39, 0.29) is 5.54 Å². The van der Waals surface area contributed by atoms with Crippen molar-refractivity contribution in [3.8, 4) is 0 Å². The first kappa shape index (κ1) is 10.6. The number of hydrogen-bond acceptors (Lipinski definition) is 3. The lowest BCUT2D eigenvalue weighted by atomic mass is 10.1. The van der Waals surface area contributed by atoms with Gasteiger partial charge in [0, 0.05) is 30.2 Å². The number of thioether (sulfide) groups is 1. The molecule has 0 saturated heterocycles. The van der Waals surface area contributed by atoms with Gasteiger partial charge in [-0.15, -0.1) is 0 Å². The van der Waals surface area contributed by atoms with Crippen LogP contribution in [0.2, 0.25) is 0 Å². The van der Waals surface area contributed by atoms with E-state index in [9.17, 15) is 0 Å². The van der Waals surface area contributed by atoms with Crippen LogP contribution < -0.4 is 5.32 Å². The van der Waals surface area contributed by atoms with Crippen LogP contribution in [0.3, 0.4) is 0 Å². The standard InChI is InChI=1S/C9H17N3S/c1-9(2,3)12-6-7-13-8-10-4-5-11-8/h4-5,12H,6-7H2,1-3H3,(H,10,11). The highest BCUT2D eigenvalue weighted by molar-refractivity contribution is 7.99. The summed E-state index contributed by atoms with van der Waals surface area (Å²) in [6.07, 6.45) is 3.62. The fourth-order valence-electron chi connectivity index (χ4n) is 0.903. The van der Waals surface area contributed by atoms with Crippen molar-refractivity contribution in [3.63, 3.8) is 0 Å². The zero-order valence-corrected chi connectivity index (χ0v) is 9.24. The highest BCUT2D eigenvalue weighted by Crippen LogP contribution is 2.10. The molecule has 13 heavy (non-hydrogen) atoms. The number of aromatic nitrogens is 2. The van der Waals surface area contributed by atoms with E-state index in [1.807, 2.05) is 6.20 Å². The zero-order chi connectivity index (χ0) is 9.73. The van der Waals surface area contributed by atoms with Crippen molar-refractivity contribution in [1.82, 2.24) is 15.3 Å². The van der Waals surface area contributed by atoms with Crippen LogP contribution in [-0.2, 0) is 0 Å². The number of rotatable bonds is 4. The number of hydrogen-bond donors (Lipinski definition) is 2. The van der Waals surface area contributed by atoms with Gasteiger partial charge in [0.05, 0.1) is 0 Å². The Kier molecular flexibility index (Phi) is 3.81. The summed E-state index contributed by atoms with van der Waals surface area (Å²) in [6, 6.07) is 0.